The molecule has 2 aromatic carbocycles. The van der Waals surface area contributed by atoms with Gasteiger partial charge in [-0.05, 0) is 75.6 Å². The van der Waals surface area contributed by atoms with Gasteiger partial charge in [0.25, 0.3) is 11.7 Å². The van der Waals surface area contributed by atoms with E-state index in [9.17, 15) is 14.7 Å². The van der Waals surface area contributed by atoms with Crippen molar-refractivity contribution in [3.05, 3.63) is 65.2 Å². The minimum atomic E-state index is -0.638. The lowest BCUT2D eigenvalue weighted by Gasteiger charge is -2.30. The number of nitrogens with zero attached hydrogens (tertiary/aromatic N) is 1. The summed E-state index contributed by atoms with van der Waals surface area (Å²) >= 11 is 0. The van der Waals surface area contributed by atoms with E-state index in [4.69, 9.17) is 9.47 Å². The Balaban J connectivity index is 1.77. The van der Waals surface area contributed by atoms with Crippen molar-refractivity contribution in [1.29, 1.82) is 0 Å². The van der Waals surface area contributed by atoms with E-state index < -0.39 is 17.7 Å². The van der Waals surface area contributed by atoms with Gasteiger partial charge < -0.3 is 19.5 Å². The summed E-state index contributed by atoms with van der Waals surface area (Å²) < 4.78 is 11.2. The van der Waals surface area contributed by atoms with E-state index in [1.165, 1.54) is 0 Å². The minimum Gasteiger partial charge on any atom is -0.507 e. The molecule has 174 valence electrons. The average molecular weight is 450 g/mol. The molecule has 1 aliphatic heterocycles. The predicted octanol–water partition coefficient (Wildman–Crippen LogP) is 5.24. The Morgan fingerprint density at radius 1 is 1.00 bits per heavy atom. The van der Waals surface area contributed by atoms with E-state index in [1.807, 2.05) is 45.0 Å². The Hall–Kier alpha value is -3.28. The fourth-order valence-electron chi connectivity index (χ4n) is 4.77. The summed E-state index contributed by atoms with van der Waals surface area (Å²) in [7, 11) is 0. The molecule has 1 unspecified atom stereocenters. The van der Waals surface area contributed by atoms with Gasteiger partial charge in [-0.25, -0.2) is 0 Å². The predicted molar refractivity (Wildman–Crippen MR) is 126 cm³/mol. The van der Waals surface area contributed by atoms with Crippen LogP contribution in [0.1, 0.15) is 63.6 Å². The van der Waals surface area contributed by atoms with E-state index in [0.717, 1.165) is 37.0 Å². The lowest BCUT2D eigenvalue weighted by atomic mass is 9.94. The number of aliphatic hydroxyl groups is 1. The summed E-state index contributed by atoms with van der Waals surface area (Å²) in [5, 5.41) is 11.2. The van der Waals surface area contributed by atoms with Crippen molar-refractivity contribution in [3.63, 3.8) is 0 Å². The van der Waals surface area contributed by atoms with E-state index in [0.29, 0.717) is 17.9 Å². The van der Waals surface area contributed by atoms with Crippen LogP contribution in [0.4, 0.5) is 0 Å². The molecule has 1 amide bonds. The molecule has 33 heavy (non-hydrogen) atoms. The highest BCUT2D eigenvalue weighted by Crippen LogP contribution is 2.43. The molecule has 4 rings (SSSR count). The number of ether oxygens (including phenoxy) is 2. The third-order valence-corrected chi connectivity index (χ3v) is 6.20. The van der Waals surface area contributed by atoms with Crippen molar-refractivity contribution < 1.29 is 24.2 Å². The largest absolute Gasteiger partial charge is 0.507 e. The number of aliphatic hydroxyl groups excluding tert-OH is 1. The van der Waals surface area contributed by atoms with Crippen molar-refractivity contribution in [1.82, 2.24) is 4.90 Å². The standard InChI is InChI=1S/C27H31NO5/c1-4-32-21-13-9-18(10-14-21)24-23(26(30)27(31)28(24)20-7-5-6-8-20)25(29)19-11-15-22(16-12-19)33-17(2)3/h9-17,20,24,29H,4-8H2,1-3H3/b25-23-. The van der Waals surface area contributed by atoms with E-state index in [1.54, 1.807) is 29.2 Å². The van der Waals surface area contributed by atoms with E-state index in [2.05, 4.69) is 0 Å². The first-order valence-electron chi connectivity index (χ1n) is 11.7. The summed E-state index contributed by atoms with van der Waals surface area (Å²) in [5.41, 5.74) is 1.39. The Labute approximate surface area is 194 Å². The molecule has 0 radical (unpaired) electrons. The maximum Gasteiger partial charge on any atom is 0.295 e. The molecule has 2 fully saturated rings. The molecule has 1 heterocycles. The van der Waals surface area contributed by atoms with Gasteiger partial charge in [-0.1, -0.05) is 25.0 Å². The molecule has 6 nitrogen and oxygen atoms in total. The smallest absolute Gasteiger partial charge is 0.295 e. The molecule has 1 atom stereocenters. The number of hydrogen-bond acceptors (Lipinski definition) is 5. The van der Waals surface area contributed by atoms with Crippen LogP contribution < -0.4 is 9.47 Å². The molecule has 0 bridgehead atoms. The molecule has 6 heteroatoms. The molecule has 1 saturated heterocycles. The van der Waals surface area contributed by atoms with Crippen LogP contribution >= 0.6 is 0 Å². The lowest BCUT2D eigenvalue weighted by molar-refractivity contribution is -0.141. The first-order chi connectivity index (χ1) is 15.9. The van der Waals surface area contributed by atoms with Gasteiger partial charge in [-0.3, -0.25) is 9.59 Å². The molecular formula is C27H31NO5. The Kier molecular flexibility index (Phi) is 6.72. The number of Topliss-reactive ketones (excluding diaryl/α,β-unsaturated/α-hetero) is 1. The fourth-order valence-corrected chi connectivity index (χ4v) is 4.77. The van der Waals surface area contributed by atoms with Gasteiger partial charge in [0.1, 0.15) is 17.3 Å². The van der Waals surface area contributed by atoms with Crippen molar-refractivity contribution >= 4 is 17.4 Å². The van der Waals surface area contributed by atoms with Crippen LogP contribution in [0.3, 0.4) is 0 Å². The normalized spacial score (nSPS) is 20.6. The summed E-state index contributed by atoms with van der Waals surface area (Å²) in [6.45, 7) is 6.35. The summed E-state index contributed by atoms with van der Waals surface area (Å²) in [6, 6.07) is 13.7. The first kappa shape index (κ1) is 22.9. The molecular weight excluding hydrogens is 418 g/mol. The van der Waals surface area contributed by atoms with Crippen LogP contribution in [0.25, 0.3) is 5.76 Å². The SMILES string of the molecule is CCOc1ccc(C2/C(=C(/O)c3ccc(OC(C)C)cc3)C(=O)C(=O)N2C2CCCC2)cc1. The van der Waals surface area contributed by atoms with Gasteiger partial charge in [0.05, 0.1) is 24.3 Å². The van der Waals surface area contributed by atoms with Crippen LogP contribution in [0.2, 0.25) is 0 Å². The lowest BCUT2D eigenvalue weighted by Crippen LogP contribution is -2.37. The number of ketones is 1. The van der Waals surface area contributed by atoms with Crippen molar-refractivity contribution in [2.45, 2.75) is 64.6 Å². The zero-order chi connectivity index (χ0) is 23.5. The number of rotatable bonds is 7. The van der Waals surface area contributed by atoms with E-state index >= 15 is 0 Å². The zero-order valence-electron chi connectivity index (χ0n) is 19.4. The summed E-state index contributed by atoms with van der Waals surface area (Å²) in [6.07, 6.45) is 3.81. The highest BCUT2D eigenvalue weighted by molar-refractivity contribution is 6.46. The van der Waals surface area contributed by atoms with Crippen LogP contribution in [0, 0.1) is 0 Å². The Morgan fingerprint density at radius 2 is 1.61 bits per heavy atom. The number of likely N-dealkylation sites (tertiary alicyclic amines) is 1. The van der Waals surface area contributed by atoms with Crippen molar-refractivity contribution in [2.24, 2.45) is 0 Å². The van der Waals surface area contributed by atoms with Crippen LogP contribution in [0.15, 0.2) is 54.1 Å². The molecule has 1 saturated carbocycles. The van der Waals surface area contributed by atoms with Gasteiger partial charge in [0.15, 0.2) is 0 Å². The van der Waals surface area contributed by atoms with Crippen molar-refractivity contribution in [2.75, 3.05) is 6.61 Å². The number of hydrogen-bond donors (Lipinski definition) is 1. The molecule has 2 aromatic rings. The third kappa shape index (κ3) is 4.61. The Bertz CT molecular complexity index is 1030. The quantitative estimate of drug-likeness (QED) is 0.356. The highest BCUT2D eigenvalue weighted by Gasteiger charge is 2.49. The topological polar surface area (TPSA) is 76.1 Å². The summed E-state index contributed by atoms with van der Waals surface area (Å²) in [4.78, 5) is 28.0. The second-order valence-electron chi connectivity index (χ2n) is 8.84. The molecule has 2 aliphatic rings. The highest BCUT2D eigenvalue weighted by atomic mass is 16.5. The number of benzene rings is 2. The monoisotopic (exact) mass is 449 g/mol. The van der Waals surface area contributed by atoms with Crippen LogP contribution in [-0.2, 0) is 9.59 Å². The summed E-state index contributed by atoms with van der Waals surface area (Å²) in [5.74, 6) is 0.0579. The van der Waals surface area contributed by atoms with Gasteiger partial charge in [0.2, 0.25) is 0 Å². The number of carbonyl (C=O) groups excluding carboxylic acids is 2. The molecule has 1 N–H and O–H groups in total. The van der Waals surface area contributed by atoms with Gasteiger partial charge in [-0.15, -0.1) is 0 Å². The number of carbonyl (C=O) groups is 2. The maximum atomic E-state index is 13.2. The van der Waals surface area contributed by atoms with Gasteiger partial charge >= 0.3 is 0 Å². The first-order valence-corrected chi connectivity index (χ1v) is 11.7. The zero-order valence-corrected chi connectivity index (χ0v) is 19.4. The Morgan fingerprint density at radius 3 is 2.18 bits per heavy atom. The fraction of sp³-hybridized carbons (Fsp3) is 0.407. The van der Waals surface area contributed by atoms with Gasteiger partial charge in [-0.2, -0.15) is 0 Å². The van der Waals surface area contributed by atoms with Crippen LogP contribution in [-0.4, -0.2) is 40.4 Å². The number of amides is 1. The van der Waals surface area contributed by atoms with Crippen LogP contribution in [0.5, 0.6) is 11.5 Å². The van der Waals surface area contributed by atoms with Crippen molar-refractivity contribution in [3.8, 4) is 11.5 Å². The molecule has 0 spiro atoms. The second-order valence-corrected chi connectivity index (χ2v) is 8.84. The molecule has 0 aromatic heterocycles. The molecule has 1 aliphatic carbocycles. The van der Waals surface area contributed by atoms with E-state index in [-0.39, 0.29) is 23.5 Å². The third-order valence-electron chi connectivity index (χ3n) is 6.20. The second kappa shape index (κ2) is 9.69. The maximum absolute atomic E-state index is 13.2. The minimum absolute atomic E-state index is 0.00913. The van der Waals surface area contributed by atoms with Gasteiger partial charge in [0, 0.05) is 11.6 Å². The average Bonchev–Trinajstić information content (AvgIpc) is 3.41.